The van der Waals surface area contributed by atoms with Crippen molar-refractivity contribution >= 4 is 29.2 Å². The lowest BCUT2D eigenvalue weighted by Gasteiger charge is -2.21. The summed E-state index contributed by atoms with van der Waals surface area (Å²) in [6.07, 6.45) is 1.57. The average Bonchev–Trinajstić information content (AvgIpc) is 2.64. The molecule has 0 radical (unpaired) electrons. The molecule has 1 N–H and O–H groups in total. The maximum absolute atomic E-state index is 13.2. The lowest BCUT2D eigenvalue weighted by atomic mass is 9.98. The molecule has 5 nitrogen and oxygen atoms in total. The molecule has 3 aromatic rings. The van der Waals surface area contributed by atoms with E-state index in [-0.39, 0.29) is 16.1 Å². The summed E-state index contributed by atoms with van der Waals surface area (Å²) < 4.78 is 1.79. The van der Waals surface area contributed by atoms with Gasteiger partial charge in [0.2, 0.25) is 5.43 Å². The van der Waals surface area contributed by atoms with Crippen LogP contribution in [0.4, 0.5) is 0 Å². The Balaban J connectivity index is 2.46. The molecule has 0 saturated carbocycles. The number of carboxylic acid groups (broad SMARTS) is 1. The van der Waals surface area contributed by atoms with Crippen molar-refractivity contribution in [1.29, 1.82) is 0 Å². The summed E-state index contributed by atoms with van der Waals surface area (Å²) in [6, 6.07) is 9.98. The van der Waals surface area contributed by atoms with E-state index in [2.05, 4.69) is 4.98 Å². The molecular weight excluding hydrogens is 387 g/mol. The molecule has 3 rings (SSSR count). The van der Waals surface area contributed by atoms with Crippen LogP contribution in [0.3, 0.4) is 0 Å². The van der Waals surface area contributed by atoms with Crippen molar-refractivity contribution in [2.75, 3.05) is 0 Å². The number of aromatic carboxylic acids is 1. The standard InChI is InChI=1S/C20H16Cl2N2O3/c1-3-24-11(2)16(15-6-4-5-9-23-15)19(25)17(20(26)27)18(24)12-7-8-13(21)14(22)10-12/h4-10H,3H2,1-2H3,(H,26,27). The fraction of sp³-hybridized carbons (Fsp3) is 0.150. The van der Waals surface area contributed by atoms with Crippen molar-refractivity contribution < 1.29 is 9.90 Å². The summed E-state index contributed by atoms with van der Waals surface area (Å²) in [6.45, 7) is 4.12. The summed E-state index contributed by atoms with van der Waals surface area (Å²) >= 11 is 12.1. The molecular formula is C20H16Cl2N2O3. The highest BCUT2D eigenvalue weighted by Crippen LogP contribution is 2.32. The molecule has 27 heavy (non-hydrogen) atoms. The Morgan fingerprint density at radius 2 is 1.93 bits per heavy atom. The number of hydrogen-bond acceptors (Lipinski definition) is 3. The Morgan fingerprint density at radius 3 is 2.48 bits per heavy atom. The Hall–Kier alpha value is -2.63. The van der Waals surface area contributed by atoms with Gasteiger partial charge in [0, 0.05) is 24.0 Å². The molecule has 2 aromatic heterocycles. The fourth-order valence-corrected chi connectivity index (χ4v) is 3.48. The first-order valence-electron chi connectivity index (χ1n) is 8.24. The Morgan fingerprint density at radius 1 is 1.19 bits per heavy atom. The molecule has 138 valence electrons. The second-order valence-electron chi connectivity index (χ2n) is 5.91. The Kier molecular flexibility index (Phi) is 5.35. The second-order valence-corrected chi connectivity index (χ2v) is 6.72. The Labute approximate surface area is 165 Å². The first kappa shape index (κ1) is 19.1. The quantitative estimate of drug-likeness (QED) is 0.672. The molecule has 0 aliphatic rings. The molecule has 0 fully saturated rings. The number of benzene rings is 1. The first-order valence-corrected chi connectivity index (χ1v) is 8.99. The van der Waals surface area contributed by atoms with Gasteiger partial charge in [-0.3, -0.25) is 9.78 Å². The number of nitrogens with zero attached hydrogens (tertiary/aromatic N) is 2. The summed E-state index contributed by atoms with van der Waals surface area (Å²) in [4.78, 5) is 29.4. The minimum absolute atomic E-state index is 0.277. The van der Waals surface area contributed by atoms with E-state index in [1.807, 2.05) is 6.92 Å². The van der Waals surface area contributed by atoms with Crippen LogP contribution in [0.5, 0.6) is 0 Å². The van der Waals surface area contributed by atoms with Crippen molar-refractivity contribution in [3.05, 3.63) is 74.1 Å². The van der Waals surface area contributed by atoms with E-state index in [9.17, 15) is 14.7 Å². The maximum atomic E-state index is 13.2. The highest BCUT2D eigenvalue weighted by molar-refractivity contribution is 6.42. The average molecular weight is 403 g/mol. The molecule has 2 heterocycles. The van der Waals surface area contributed by atoms with Crippen molar-refractivity contribution in [3.63, 3.8) is 0 Å². The second kappa shape index (κ2) is 7.55. The number of carbonyl (C=O) groups is 1. The monoisotopic (exact) mass is 402 g/mol. The predicted molar refractivity (Wildman–Crippen MR) is 107 cm³/mol. The molecule has 0 amide bonds. The van der Waals surface area contributed by atoms with Gasteiger partial charge in [-0.25, -0.2) is 4.79 Å². The van der Waals surface area contributed by atoms with Crippen molar-refractivity contribution in [2.45, 2.75) is 20.4 Å². The minimum Gasteiger partial charge on any atom is -0.477 e. The summed E-state index contributed by atoms with van der Waals surface area (Å²) in [5.74, 6) is -1.31. The van der Waals surface area contributed by atoms with E-state index in [0.717, 1.165) is 0 Å². The van der Waals surface area contributed by atoms with E-state index < -0.39 is 11.4 Å². The van der Waals surface area contributed by atoms with Crippen LogP contribution in [0, 0.1) is 6.92 Å². The number of aromatic nitrogens is 2. The number of pyridine rings is 2. The van der Waals surface area contributed by atoms with E-state index in [4.69, 9.17) is 23.2 Å². The third kappa shape index (κ3) is 3.36. The van der Waals surface area contributed by atoms with Crippen LogP contribution in [0.1, 0.15) is 23.0 Å². The SMILES string of the molecule is CCn1c(C)c(-c2ccccn2)c(=O)c(C(=O)O)c1-c1ccc(Cl)c(Cl)c1. The van der Waals surface area contributed by atoms with Gasteiger partial charge in [-0.2, -0.15) is 0 Å². The zero-order valence-corrected chi connectivity index (χ0v) is 16.2. The van der Waals surface area contributed by atoms with Crippen LogP contribution < -0.4 is 5.43 Å². The van der Waals surface area contributed by atoms with Gasteiger partial charge >= 0.3 is 5.97 Å². The lowest BCUT2D eigenvalue weighted by Crippen LogP contribution is -2.25. The van der Waals surface area contributed by atoms with Gasteiger partial charge in [0.05, 0.1) is 27.0 Å². The third-order valence-electron chi connectivity index (χ3n) is 4.37. The molecule has 0 saturated heterocycles. The summed E-state index contributed by atoms with van der Waals surface area (Å²) in [5, 5.41) is 10.5. The van der Waals surface area contributed by atoms with E-state index in [0.29, 0.717) is 34.2 Å². The lowest BCUT2D eigenvalue weighted by molar-refractivity contribution is 0.0695. The van der Waals surface area contributed by atoms with Gasteiger partial charge in [0.1, 0.15) is 5.56 Å². The van der Waals surface area contributed by atoms with Crippen LogP contribution in [-0.4, -0.2) is 20.6 Å². The van der Waals surface area contributed by atoms with Gasteiger partial charge in [0.15, 0.2) is 0 Å². The van der Waals surface area contributed by atoms with Crippen LogP contribution in [0.2, 0.25) is 10.0 Å². The fourth-order valence-electron chi connectivity index (χ4n) is 3.18. The highest BCUT2D eigenvalue weighted by atomic mass is 35.5. The minimum atomic E-state index is -1.31. The van der Waals surface area contributed by atoms with Crippen LogP contribution in [-0.2, 0) is 6.54 Å². The van der Waals surface area contributed by atoms with Gasteiger partial charge < -0.3 is 9.67 Å². The zero-order valence-electron chi connectivity index (χ0n) is 14.7. The number of carboxylic acids is 1. The summed E-state index contributed by atoms with van der Waals surface area (Å²) in [5.41, 5.74) is 1.25. The van der Waals surface area contributed by atoms with Crippen LogP contribution in [0.25, 0.3) is 22.5 Å². The molecule has 1 aromatic carbocycles. The maximum Gasteiger partial charge on any atom is 0.341 e. The molecule has 0 atom stereocenters. The topological polar surface area (TPSA) is 72.2 Å². The normalized spacial score (nSPS) is 10.8. The number of rotatable bonds is 4. The largest absolute Gasteiger partial charge is 0.477 e. The van der Waals surface area contributed by atoms with E-state index in [1.54, 1.807) is 54.1 Å². The Bertz CT molecular complexity index is 1090. The molecule has 0 bridgehead atoms. The van der Waals surface area contributed by atoms with Gasteiger partial charge in [-0.1, -0.05) is 35.3 Å². The molecule has 0 aliphatic carbocycles. The van der Waals surface area contributed by atoms with Crippen LogP contribution >= 0.6 is 23.2 Å². The molecule has 7 heteroatoms. The van der Waals surface area contributed by atoms with E-state index in [1.165, 1.54) is 0 Å². The molecule has 0 spiro atoms. The van der Waals surface area contributed by atoms with Gasteiger partial charge in [0.25, 0.3) is 0 Å². The van der Waals surface area contributed by atoms with E-state index >= 15 is 0 Å². The van der Waals surface area contributed by atoms with Crippen molar-refractivity contribution in [3.8, 4) is 22.5 Å². The molecule has 0 unspecified atom stereocenters. The number of halogens is 2. The zero-order chi connectivity index (χ0) is 19.7. The first-order chi connectivity index (χ1) is 12.9. The van der Waals surface area contributed by atoms with Gasteiger partial charge in [-0.05, 0) is 38.1 Å². The van der Waals surface area contributed by atoms with Crippen molar-refractivity contribution in [1.82, 2.24) is 9.55 Å². The van der Waals surface area contributed by atoms with Crippen molar-refractivity contribution in [2.24, 2.45) is 0 Å². The van der Waals surface area contributed by atoms with Crippen LogP contribution in [0.15, 0.2) is 47.4 Å². The highest BCUT2D eigenvalue weighted by Gasteiger charge is 2.26. The predicted octanol–water partition coefficient (Wildman–Crippen LogP) is 4.91. The smallest absolute Gasteiger partial charge is 0.341 e. The van der Waals surface area contributed by atoms with Gasteiger partial charge in [-0.15, -0.1) is 0 Å². The summed E-state index contributed by atoms with van der Waals surface area (Å²) in [7, 11) is 0. The third-order valence-corrected chi connectivity index (χ3v) is 5.11. The molecule has 0 aliphatic heterocycles. The number of hydrogen-bond donors (Lipinski definition) is 1.